The number of benzene rings is 2. The summed E-state index contributed by atoms with van der Waals surface area (Å²) in [6.07, 6.45) is 0.502. The summed E-state index contributed by atoms with van der Waals surface area (Å²) in [6.45, 7) is 1.97. The SMILES string of the molecule is C[C@H]1C(=O)N2[C@H](c3ccc4c(c3)OCO4)c3[nH]c4ccccc4c3C[C@@H]2C(=O)N1C. The number of hydrogen-bond donors (Lipinski definition) is 1. The van der Waals surface area contributed by atoms with E-state index in [0.717, 1.165) is 27.7 Å². The summed E-state index contributed by atoms with van der Waals surface area (Å²) in [7, 11) is 1.71. The normalized spacial score (nSPS) is 24.9. The van der Waals surface area contributed by atoms with E-state index in [9.17, 15) is 9.59 Å². The number of carbonyl (C=O) groups is 2. The van der Waals surface area contributed by atoms with Crippen LogP contribution in [0.1, 0.15) is 29.8 Å². The number of likely N-dealkylation sites (N-methyl/N-ethyl adjacent to an activating group) is 1. The maximum Gasteiger partial charge on any atom is 0.246 e. The van der Waals surface area contributed by atoms with Gasteiger partial charge in [0.05, 0.1) is 6.04 Å². The molecule has 1 fully saturated rings. The number of ether oxygens (including phenoxy) is 2. The maximum absolute atomic E-state index is 13.4. The third-order valence-electron chi connectivity index (χ3n) is 6.67. The molecule has 3 aliphatic heterocycles. The number of nitrogens with one attached hydrogen (secondary N) is 1. The van der Waals surface area contributed by atoms with E-state index in [0.29, 0.717) is 17.9 Å². The monoisotopic (exact) mass is 403 g/mol. The molecule has 3 atom stereocenters. The Hall–Kier alpha value is -3.48. The first kappa shape index (κ1) is 17.4. The van der Waals surface area contributed by atoms with Crippen LogP contribution in [-0.4, -0.2) is 52.5 Å². The Morgan fingerprint density at radius 1 is 1.03 bits per heavy atom. The predicted molar refractivity (Wildman–Crippen MR) is 109 cm³/mol. The van der Waals surface area contributed by atoms with Gasteiger partial charge in [0.2, 0.25) is 18.6 Å². The average molecular weight is 403 g/mol. The van der Waals surface area contributed by atoms with Crippen LogP contribution in [0.5, 0.6) is 11.5 Å². The highest BCUT2D eigenvalue weighted by atomic mass is 16.7. The zero-order valence-electron chi connectivity index (χ0n) is 16.7. The molecule has 7 nitrogen and oxygen atoms in total. The summed E-state index contributed by atoms with van der Waals surface area (Å²) in [5.41, 5.74) is 3.96. The maximum atomic E-state index is 13.4. The highest BCUT2D eigenvalue weighted by Gasteiger charge is 2.50. The van der Waals surface area contributed by atoms with E-state index in [4.69, 9.17) is 9.47 Å². The second-order valence-corrected chi connectivity index (χ2v) is 8.17. The van der Waals surface area contributed by atoms with Gasteiger partial charge in [0.15, 0.2) is 11.5 Å². The van der Waals surface area contributed by atoms with E-state index in [1.807, 2.05) is 36.4 Å². The van der Waals surface area contributed by atoms with Crippen LogP contribution in [0.2, 0.25) is 0 Å². The fraction of sp³-hybridized carbons (Fsp3) is 0.304. The van der Waals surface area contributed by atoms with Crippen molar-refractivity contribution in [3.63, 3.8) is 0 Å². The molecule has 152 valence electrons. The molecule has 30 heavy (non-hydrogen) atoms. The van der Waals surface area contributed by atoms with Gasteiger partial charge in [-0.3, -0.25) is 9.59 Å². The summed E-state index contributed by atoms with van der Waals surface area (Å²) in [6, 6.07) is 12.4. The lowest BCUT2D eigenvalue weighted by molar-refractivity contribution is -0.162. The van der Waals surface area contributed by atoms with Gasteiger partial charge in [0.1, 0.15) is 12.1 Å². The molecule has 0 aliphatic carbocycles. The van der Waals surface area contributed by atoms with E-state index in [-0.39, 0.29) is 18.6 Å². The molecule has 0 saturated carbocycles. The van der Waals surface area contributed by atoms with E-state index >= 15 is 0 Å². The number of aromatic nitrogens is 1. The number of hydrogen-bond acceptors (Lipinski definition) is 4. The molecule has 6 rings (SSSR count). The van der Waals surface area contributed by atoms with Crippen LogP contribution in [0, 0.1) is 0 Å². The van der Waals surface area contributed by atoms with Gasteiger partial charge in [-0.25, -0.2) is 0 Å². The zero-order valence-corrected chi connectivity index (χ0v) is 16.7. The number of piperazine rings is 1. The Bertz CT molecular complexity index is 1220. The van der Waals surface area contributed by atoms with Crippen molar-refractivity contribution in [2.24, 2.45) is 0 Å². The van der Waals surface area contributed by atoms with Gasteiger partial charge in [-0.1, -0.05) is 24.3 Å². The number of aromatic amines is 1. The van der Waals surface area contributed by atoms with Crippen molar-refractivity contribution in [1.82, 2.24) is 14.8 Å². The first-order valence-electron chi connectivity index (χ1n) is 10.1. The van der Waals surface area contributed by atoms with Gasteiger partial charge in [-0.2, -0.15) is 0 Å². The summed E-state index contributed by atoms with van der Waals surface area (Å²) < 4.78 is 11.1. The van der Waals surface area contributed by atoms with Gasteiger partial charge in [0.25, 0.3) is 0 Å². The van der Waals surface area contributed by atoms with Crippen molar-refractivity contribution >= 4 is 22.7 Å². The van der Waals surface area contributed by atoms with E-state index < -0.39 is 18.1 Å². The summed E-state index contributed by atoms with van der Waals surface area (Å²) in [5.74, 6) is 1.28. The van der Waals surface area contributed by atoms with Crippen molar-refractivity contribution in [2.75, 3.05) is 13.8 Å². The molecule has 0 spiro atoms. The predicted octanol–water partition coefficient (Wildman–Crippen LogP) is 2.60. The molecule has 2 amide bonds. The Kier molecular flexibility index (Phi) is 3.48. The largest absolute Gasteiger partial charge is 0.454 e. The van der Waals surface area contributed by atoms with Crippen LogP contribution >= 0.6 is 0 Å². The summed E-state index contributed by atoms with van der Waals surface area (Å²) >= 11 is 0. The molecule has 2 aromatic carbocycles. The minimum absolute atomic E-state index is 0.0243. The molecule has 0 radical (unpaired) electrons. The molecule has 1 N–H and O–H groups in total. The Balaban J connectivity index is 1.60. The fourth-order valence-electron chi connectivity index (χ4n) is 4.99. The first-order chi connectivity index (χ1) is 14.5. The van der Waals surface area contributed by atoms with Gasteiger partial charge in [0, 0.05) is 30.1 Å². The molecule has 0 bridgehead atoms. The molecule has 0 unspecified atom stereocenters. The minimum Gasteiger partial charge on any atom is -0.454 e. The Morgan fingerprint density at radius 3 is 2.70 bits per heavy atom. The molecule has 1 saturated heterocycles. The van der Waals surface area contributed by atoms with Crippen LogP contribution in [0.25, 0.3) is 10.9 Å². The van der Waals surface area contributed by atoms with Crippen LogP contribution in [0.3, 0.4) is 0 Å². The van der Waals surface area contributed by atoms with Crippen LogP contribution in [-0.2, 0) is 16.0 Å². The Morgan fingerprint density at radius 2 is 1.83 bits per heavy atom. The van der Waals surface area contributed by atoms with Crippen molar-refractivity contribution in [2.45, 2.75) is 31.5 Å². The molecule has 4 heterocycles. The molecule has 3 aliphatic rings. The number of rotatable bonds is 1. The van der Waals surface area contributed by atoms with Crippen molar-refractivity contribution in [1.29, 1.82) is 0 Å². The second-order valence-electron chi connectivity index (χ2n) is 8.17. The van der Waals surface area contributed by atoms with Crippen molar-refractivity contribution < 1.29 is 19.1 Å². The fourth-order valence-corrected chi connectivity index (χ4v) is 4.99. The number of fused-ring (bicyclic) bond motifs is 5. The first-order valence-corrected chi connectivity index (χ1v) is 10.1. The van der Waals surface area contributed by atoms with Gasteiger partial charge in [-0.15, -0.1) is 0 Å². The number of amides is 2. The average Bonchev–Trinajstić information content (AvgIpc) is 3.38. The van der Waals surface area contributed by atoms with Crippen LogP contribution < -0.4 is 9.47 Å². The third kappa shape index (κ3) is 2.20. The topological polar surface area (TPSA) is 74.9 Å². The van der Waals surface area contributed by atoms with Crippen molar-refractivity contribution in [3.05, 3.63) is 59.3 Å². The lowest BCUT2D eigenvalue weighted by Crippen LogP contribution is -2.65. The van der Waals surface area contributed by atoms with Gasteiger partial charge >= 0.3 is 0 Å². The number of H-pyrrole nitrogens is 1. The van der Waals surface area contributed by atoms with Crippen LogP contribution in [0.4, 0.5) is 0 Å². The second kappa shape index (κ2) is 6.01. The van der Waals surface area contributed by atoms with E-state index in [2.05, 4.69) is 11.1 Å². The number of para-hydroxylation sites is 1. The number of nitrogens with zero attached hydrogens (tertiary/aromatic N) is 2. The minimum atomic E-state index is -0.527. The lowest BCUT2D eigenvalue weighted by atomic mass is 9.85. The lowest BCUT2D eigenvalue weighted by Gasteiger charge is -2.48. The summed E-state index contributed by atoms with van der Waals surface area (Å²) in [4.78, 5) is 33.5. The smallest absolute Gasteiger partial charge is 0.246 e. The third-order valence-corrected chi connectivity index (χ3v) is 6.67. The molecule has 1 aromatic heterocycles. The standard InChI is InChI=1S/C23H21N3O4/c1-12-22(27)26-17(23(28)25(12)2)10-15-14-5-3-4-6-16(14)24-20(15)21(26)13-7-8-18-19(9-13)30-11-29-18/h3-9,12,17,21,24H,10-11H2,1-2H3/t12-,17+,21+/m0/s1. The Labute approximate surface area is 173 Å². The van der Waals surface area contributed by atoms with E-state index in [1.165, 1.54) is 0 Å². The number of carbonyl (C=O) groups excluding carboxylic acids is 2. The molecular weight excluding hydrogens is 382 g/mol. The summed E-state index contributed by atoms with van der Waals surface area (Å²) in [5, 5.41) is 1.10. The highest BCUT2D eigenvalue weighted by molar-refractivity contribution is 5.99. The van der Waals surface area contributed by atoms with Crippen molar-refractivity contribution in [3.8, 4) is 11.5 Å². The van der Waals surface area contributed by atoms with E-state index in [1.54, 1.807) is 23.8 Å². The molecule has 3 aromatic rings. The molecule has 7 heteroatoms. The van der Waals surface area contributed by atoms with Crippen LogP contribution in [0.15, 0.2) is 42.5 Å². The highest BCUT2D eigenvalue weighted by Crippen LogP contribution is 2.45. The van der Waals surface area contributed by atoms with Gasteiger partial charge in [-0.05, 0) is 36.2 Å². The quantitative estimate of drug-likeness (QED) is 0.678. The zero-order chi connectivity index (χ0) is 20.6. The molecular formula is C23H21N3O4. The van der Waals surface area contributed by atoms with Gasteiger partial charge < -0.3 is 24.3 Å².